The third-order valence-electron chi connectivity index (χ3n) is 4.89. The van der Waals surface area contributed by atoms with Crippen LogP contribution in [-0.4, -0.2) is 29.3 Å². The van der Waals surface area contributed by atoms with E-state index in [-0.39, 0.29) is 18.5 Å². The van der Waals surface area contributed by atoms with Gasteiger partial charge in [0.05, 0.1) is 6.54 Å². The number of amides is 2. The highest BCUT2D eigenvalue weighted by Gasteiger charge is 2.36. The molecule has 23 heavy (non-hydrogen) atoms. The molecule has 2 N–H and O–H groups in total. The van der Waals surface area contributed by atoms with Crippen LogP contribution in [0.4, 0.5) is 0 Å². The van der Waals surface area contributed by atoms with Crippen molar-refractivity contribution in [3.63, 3.8) is 0 Å². The molecule has 2 aliphatic carbocycles. The van der Waals surface area contributed by atoms with Gasteiger partial charge in [0.2, 0.25) is 11.8 Å². The fourth-order valence-corrected chi connectivity index (χ4v) is 3.40. The molecule has 5 nitrogen and oxygen atoms in total. The van der Waals surface area contributed by atoms with E-state index in [2.05, 4.69) is 6.92 Å². The fraction of sp³-hybridized carbons (Fsp3) is 0.556. The van der Waals surface area contributed by atoms with Gasteiger partial charge in [-0.3, -0.25) is 9.59 Å². The summed E-state index contributed by atoms with van der Waals surface area (Å²) in [4.78, 5) is 25.3. The van der Waals surface area contributed by atoms with Gasteiger partial charge in [-0.1, -0.05) is 19.8 Å². The van der Waals surface area contributed by atoms with Crippen LogP contribution in [0.1, 0.15) is 56.5 Å². The average molecular weight is 316 g/mol. The van der Waals surface area contributed by atoms with Gasteiger partial charge in [-0.15, -0.1) is 0 Å². The molecule has 2 fully saturated rings. The highest BCUT2D eigenvalue weighted by Crippen LogP contribution is 2.47. The number of nitrogens with two attached hydrogens (primary N) is 1. The van der Waals surface area contributed by atoms with Crippen molar-refractivity contribution in [1.29, 1.82) is 0 Å². The molecule has 0 radical (unpaired) electrons. The SMILES string of the molecule is C[C@@H]1C[C@H]1c1ccc(/C=C/C(=O)N(CC(N)=O)C2CCCC2)o1. The largest absolute Gasteiger partial charge is 0.461 e. The Morgan fingerprint density at radius 1 is 1.35 bits per heavy atom. The van der Waals surface area contributed by atoms with Gasteiger partial charge in [0.1, 0.15) is 11.5 Å². The summed E-state index contributed by atoms with van der Waals surface area (Å²) < 4.78 is 5.77. The summed E-state index contributed by atoms with van der Waals surface area (Å²) >= 11 is 0. The van der Waals surface area contributed by atoms with E-state index in [4.69, 9.17) is 10.2 Å². The Balaban J connectivity index is 1.65. The van der Waals surface area contributed by atoms with Crippen LogP contribution in [-0.2, 0) is 9.59 Å². The van der Waals surface area contributed by atoms with Crippen LogP contribution in [0.5, 0.6) is 0 Å². The van der Waals surface area contributed by atoms with E-state index in [9.17, 15) is 9.59 Å². The van der Waals surface area contributed by atoms with Crippen LogP contribution >= 0.6 is 0 Å². The van der Waals surface area contributed by atoms with E-state index in [0.717, 1.165) is 31.4 Å². The monoisotopic (exact) mass is 316 g/mol. The minimum absolute atomic E-state index is 0.0170. The Morgan fingerprint density at radius 2 is 2.04 bits per heavy atom. The molecule has 1 heterocycles. The molecule has 5 heteroatoms. The van der Waals surface area contributed by atoms with E-state index in [1.54, 1.807) is 11.0 Å². The summed E-state index contributed by atoms with van der Waals surface area (Å²) in [6, 6.07) is 3.99. The highest BCUT2D eigenvalue weighted by atomic mass is 16.3. The Kier molecular flexibility index (Phi) is 4.55. The van der Waals surface area contributed by atoms with Crippen molar-refractivity contribution in [2.75, 3.05) is 6.54 Å². The minimum Gasteiger partial charge on any atom is -0.461 e. The van der Waals surface area contributed by atoms with Crippen molar-refractivity contribution >= 4 is 17.9 Å². The van der Waals surface area contributed by atoms with Gasteiger partial charge in [0.15, 0.2) is 0 Å². The van der Waals surface area contributed by atoms with E-state index in [1.807, 2.05) is 12.1 Å². The van der Waals surface area contributed by atoms with Crippen molar-refractivity contribution in [1.82, 2.24) is 4.90 Å². The Hall–Kier alpha value is -2.04. The smallest absolute Gasteiger partial charge is 0.247 e. The van der Waals surface area contributed by atoms with Crippen LogP contribution in [0.25, 0.3) is 6.08 Å². The molecule has 2 aliphatic rings. The van der Waals surface area contributed by atoms with Crippen LogP contribution in [0.15, 0.2) is 22.6 Å². The van der Waals surface area contributed by atoms with Gasteiger partial charge in [0.25, 0.3) is 0 Å². The van der Waals surface area contributed by atoms with Crippen molar-refractivity contribution in [2.24, 2.45) is 11.7 Å². The van der Waals surface area contributed by atoms with Gasteiger partial charge in [-0.25, -0.2) is 0 Å². The van der Waals surface area contributed by atoms with E-state index >= 15 is 0 Å². The molecule has 2 saturated carbocycles. The maximum absolute atomic E-state index is 12.4. The molecule has 0 aliphatic heterocycles. The van der Waals surface area contributed by atoms with Crippen molar-refractivity contribution in [2.45, 2.75) is 51.0 Å². The molecular formula is C18H24N2O3. The first kappa shape index (κ1) is 15.8. The molecule has 0 saturated heterocycles. The lowest BCUT2D eigenvalue weighted by Crippen LogP contribution is -2.43. The molecule has 0 unspecified atom stereocenters. The van der Waals surface area contributed by atoms with Crippen LogP contribution in [0.2, 0.25) is 0 Å². The number of hydrogen-bond acceptors (Lipinski definition) is 3. The number of carbonyl (C=O) groups is 2. The van der Waals surface area contributed by atoms with Crippen molar-refractivity contribution < 1.29 is 14.0 Å². The number of nitrogens with zero attached hydrogens (tertiary/aromatic N) is 1. The predicted molar refractivity (Wildman–Crippen MR) is 87.4 cm³/mol. The summed E-state index contributed by atoms with van der Waals surface area (Å²) in [6.45, 7) is 2.19. The molecule has 2 atom stereocenters. The molecule has 0 spiro atoms. The Bertz CT molecular complexity index is 614. The lowest BCUT2D eigenvalue weighted by Gasteiger charge is -2.26. The first-order chi connectivity index (χ1) is 11.0. The van der Waals surface area contributed by atoms with E-state index in [0.29, 0.717) is 17.6 Å². The quantitative estimate of drug-likeness (QED) is 0.820. The molecule has 124 valence electrons. The normalized spacial score (nSPS) is 24.2. The summed E-state index contributed by atoms with van der Waals surface area (Å²) in [7, 11) is 0. The summed E-state index contributed by atoms with van der Waals surface area (Å²) in [5, 5.41) is 0. The molecule has 2 amide bonds. The number of furan rings is 1. The molecule has 3 rings (SSSR count). The number of primary amides is 1. The minimum atomic E-state index is -0.471. The molecule has 0 bridgehead atoms. The fourth-order valence-electron chi connectivity index (χ4n) is 3.40. The standard InChI is InChI=1S/C18H24N2O3/c1-12-10-15(12)16-8-6-14(23-16)7-9-18(22)20(11-17(19)21)13-4-2-3-5-13/h6-9,12-13,15H,2-5,10-11H2,1H3,(H2,19,21)/b9-7+/t12-,15-/m1/s1. The molecule has 0 aromatic carbocycles. The van der Waals surface area contributed by atoms with Crippen LogP contribution in [0, 0.1) is 5.92 Å². The third kappa shape index (κ3) is 3.84. The molecule has 1 aromatic rings. The Morgan fingerprint density at radius 3 is 2.65 bits per heavy atom. The zero-order valence-electron chi connectivity index (χ0n) is 13.5. The van der Waals surface area contributed by atoms with E-state index < -0.39 is 5.91 Å². The molecular weight excluding hydrogens is 292 g/mol. The van der Waals surface area contributed by atoms with Crippen molar-refractivity contribution in [3.05, 3.63) is 29.7 Å². The number of carbonyl (C=O) groups excluding carboxylic acids is 2. The lowest BCUT2D eigenvalue weighted by molar-refractivity contribution is -0.133. The van der Waals surface area contributed by atoms with Gasteiger partial charge in [-0.2, -0.15) is 0 Å². The summed E-state index contributed by atoms with van der Waals surface area (Å²) in [6.07, 6.45) is 8.41. The van der Waals surface area contributed by atoms with Crippen LogP contribution < -0.4 is 5.73 Å². The number of rotatable bonds is 6. The highest BCUT2D eigenvalue weighted by molar-refractivity contribution is 5.94. The van der Waals surface area contributed by atoms with Gasteiger partial charge >= 0.3 is 0 Å². The summed E-state index contributed by atoms with van der Waals surface area (Å²) in [5.41, 5.74) is 5.29. The van der Waals surface area contributed by atoms with Gasteiger partial charge in [0, 0.05) is 18.0 Å². The van der Waals surface area contributed by atoms with Crippen LogP contribution in [0.3, 0.4) is 0 Å². The van der Waals surface area contributed by atoms with E-state index in [1.165, 1.54) is 12.5 Å². The Labute approximate surface area is 136 Å². The third-order valence-corrected chi connectivity index (χ3v) is 4.89. The lowest BCUT2D eigenvalue weighted by atomic mass is 10.2. The predicted octanol–water partition coefficient (Wildman–Crippen LogP) is 2.67. The first-order valence-corrected chi connectivity index (χ1v) is 8.41. The maximum atomic E-state index is 12.4. The van der Waals surface area contributed by atoms with Crippen molar-refractivity contribution in [3.8, 4) is 0 Å². The van der Waals surface area contributed by atoms with Gasteiger partial charge in [-0.05, 0) is 43.4 Å². The second kappa shape index (κ2) is 6.60. The average Bonchev–Trinajstić information content (AvgIpc) is 2.98. The molecule has 1 aromatic heterocycles. The number of hydrogen-bond donors (Lipinski definition) is 1. The second-order valence-electron chi connectivity index (χ2n) is 6.76. The second-order valence-corrected chi connectivity index (χ2v) is 6.76. The zero-order valence-corrected chi connectivity index (χ0v) is 13.5. The van der Waals surface area contributed by atoms with Gasteiger partial charge < -0.3 is 15.1 Å². The first-order valence-electron chi connectivity index (χ1n) is 8.41. The maximum Gasteiger partial charge on any atom is 0.247 e. The summed E-state index contributed by atoms with van der Waals surface area (Å²) in [5.74, 6) is 2.24. The zero-order chi connectivity index (χ0) is 16.4. The topological polar surface area (TPSA) is 76.5 Å².